The molecule has 0 aromatic carbocycles. The molecule has 0 saturated carbocycles. The van der Waals surface area contributed by atoms with E-state index in [0.717, 1.165) is 19.4 Å². The van der Waals surface area contributed by atoms with Crippen LogP contribution in [0.1, 0.15) is 26.7 Å². The van der Waals surface area contributed by atoms with Gasteiger partial charge in [-0.3, -0.25) is 0 Å². The van der Waals surface area contributed by atoms with Crippen LogP contribution in [0.25, 0.3) is 0 Å². The quantitative estimate of drug-likeness (QED) is 0.568. The molecule has 1 aliphatic rings. The first kappa shape index (κ1) is 7.00. The number of nitrogens with one attached hydrogen (secondary N) is 1. The van der Waals surface area contributed by atoms with Crippen LogP contribution in [0.5, 0.6) is 0 Å². The first-order valence-electron chi connectivity index (χ1n) is 3.53. The van der Waals surface area contributed by atoms with Gasteiger partial charge in [-0.2, -0.15) is 0 Å². The van der Waals surface area contributed by atoms with Crippen LogP contribution in [0.15, 0.2) is 0 Å². The molecule has 0 aromatic rings. The summed E-state index contributed by atoms with van der Waals surface area (Å²) in [6.45, 7) is 4.25. The molecule has 9 heavy (non-hydrogen) atoms. The second kappa shape index (κ2) is 2.25. The Balaban J connectivity index is 2.42. The number of hydrogen-bond acceptors (Lipinski definition) is 1. The number of halogens is 1. The summed E-state index contributed by atoms with van der Waals surface area (Å²) in [5.41, 5.74) is -1.03. The highest BCUT2D eigenvalue weighted by atomic mass is 19.1. The molecule has 0 spiro atoms. The summed E-state index contributed by atoms with van der Waals surface area (Å²) in [5, 5.41) is 3.12. The van der Waals surface area contributed by atoms with Gasteiger partial charge in [0.05, 0.1) is 0 Å². The van der Waals surface area contributed by atoms with Gasteiger partial charge in [0, 0.05) is 6.04 Å². The number of hydrogen-bond donors (Lipinski definition) is 1. The van der Waals surface area contributed by atoms with Crippen molar-refractivity contribution in [3.05, 3.63) is 0 Å². The third-order valence-electron chi connectivity index (χ3n) is 1.89. The van der Waals surface area contributed by atoms with E-state index in [0.29, 0.717) is 0 Å². The Kier molecular flexibility index (Phi) is 1.75. The molecule has 1 N–H and O–H groups in total. The van der Waals surface area contributed by atoms with E-state index in [9.17, 15) is 4.39 Å². The Bertz CT molecular complexity index is 89.6. The summed E-state index contributed by atoms with van der Waals surface area (Å²) in [5.74, 6) is 0. The standard InChI is InChI=1S/C7H14FN/c1-7(2,8)6-4-3-5-9-6/h6,9H,3-5H2,1-2H3/t6-/m0/s1. The van der Waals surface area contributed by atoms with Crippen LogP contribution in [-0.2, 0) is 0 Å². The fourth-order valence-electron chi connectivity index (χ4n) is 1.27. The average Bonchev–Trinajstić information content (AvgIpc) is 2.08. The predicted molar refractivity (Wildman–Crippen MR) is 36.2 cm³/mol. The zero-order valence-electron chi connectivity index (χ0n) is 6.08. The summed E-state index contributed by atoms with van der Waals surface area (Å²) >= 11 is 0. The van der Waals surface area contributed by atoms with Crippen LogP contribution in [0, 0.1) is 0 Å². The molecular weight excluding hydrogens is 117 g/mol. The minimum atomic E-state index is -1.03. The zero-order chi connectivity index (χ0) is 6.91. The summed E-state index contributed by atoms with van der Waals surface area (Å²) in [4.78, 5) is 0. The van der Waals surface area contributed by atoms with Crippen molar-refractivity contribution in [3.8, 4) is 0 Å². The van der Waals surface area contributed by atoms with Crippen molar-refractivity contribution in [2.24, 2.45) is 0 Å². The van der Waals surface area contributed by atoms with E-state index in [1.807, 2.05) is 0 Å². The van der Waals surface area contributed by atoms with Gasteiger partial charge in [-0.15, -0.1) is 0 Å². The Hall–Kier alpha value is -0.110. The molecule has 0 radical (unpaired) electrons. The molecular formula is C7H14FN. The van der Waals surface area contributed by atoms with Crippen molar-refractivity contribution in [2.75, 3.05) is 6.54 Å². The van der Waals surface area contributed by atoms with E-state index in [1.54, 1.807) is 13.8 Å². The van der Waals surface area contributed by atoms with Crippen molar-refractivity contribution >= 4 is 0 Å². The molecule has 1 saturated heterocycles. The molecule has 0 amide bonds. The van der Waals surface area contributed by atoms with Crippen LogP contribution in [0.4, 0.5) is 4.39 Å². The van der Waals surface area contributed by atoms with E-state index in [4.69, 9.17) is 0 Å². The van der Waals surface area contributed by atoms with Crippen molar-refractivity contribution in [1.82, 2.24) is 5.32 Å². The number of alkyl halides is 1. The third-order valence-corrected chi connectivity index (χ3v) is 1.89. The van der Waals surface area contributed by atoms with Crippen LogP contribution < -0.4 is 5.32 Å². The summed E-state index contributed by atoms with van der Waals surface area (Å²) in [7, 11) is 0. The fourth-order valence-corrected chi connectivity index (χ4v) is 1.27. The summed E-state index contributed by atoms with van der Waals surface area (Å²) < 4.78 is 13.0. The average molecular weight is 131 g/mol. The van der Waals surface area contributed by atoms with Crippen molar-refractivity contribution < 1.29 is 4.39 Å². The first-order chi connectivity index (χ1) is 4.11. The van der Waals surface area contributed by atoms with Gasteiger partial charge in [-0.25, -0.2) is 4.39 Å². The Morgan fingerprint density at radius 3 is 2.44 bits per heavy atom. The van der Waals surface area contributed by atoms with Gasteiger partial charge in [0.15, 0.2) is 0 Å². The maximum Gasteiger partial charge on any atom is 0.120 e. The molecule has 1 heterocycles. The van der Waals surface area contributed by atoms with Crippen LogP contribution in [0.3, 0.4) is 0 Å². The molecule has 0 bridgehead atoms. The molecule has 54 valence electrons. The Morgan fingerprint density at radius 2 is 2.22 bits per heavy atom. The summed E-state index contributed by atoms with van der Waals surface area (Å²) in [6, 6.07) is 0.0949. The monoisotopic (exact) mass is 131 g/mol. The minimum Gasteiger partial charge on any atom is -0.311 e. The maximum absolute atomic E-state index is 13.0. The third kappa shape index (κ3) is 1.65. The van der Waals surface area contributed by atoms with Crippen molar-refractivity contribution in [1.29, 1.82) is 0 Å². The topological polar surface area (TPSA) is 12.0 Å². The van der Waals surface area contributed by atoms with Crippen LogP contribution in [0.2, 0.25) is 0 Å². The van der Waals surface area contributed by atoms with E-state index < -0.39 is 5.67 Å². The van der Waals surface area contributed by atoms with Gasteiger partial charge in [0.25, 0.3) is 0 Å². The number of rotatable bonds is 1. The van der Waals surface area contributed by atoms with E-state index >= 15 is 0 Å². The molecule has 1 atom stereocenters. The molecule has 1 rings (SSSR count). The highest BCUT2D eigenvalue weighted by Gasteiger charge is 2.30. The second-order valence-electron chi connectivity index (χ2n) is 3.21. The van der Waals surface area contributed by atoms with Gasteiger partial charge in [0.1, 0.15) is 5.67 Å². The lowest BCUT2D eigenvalue weighted by molar-refractivity contribution is 0.161. The highest BCUT2D eigenvalue weighted by molar-refractivity contribution is 4.87. The molecule has 0 unspecified atom stereocenters. The van der Waals surface area contributed by atoms with E-state index in [2.05, 4.69) is 5.32 Å². The van der Waals surface area contributed by atoms with Gasteiger partial charge >= 0.3 is 0 Å². The van der Waals surface area contributed by atoms with Crippen LogP contribution in [-0.4, -0.2) is 18.3 Å². The molecule has 1 nitrogen and oxygen atoms in total. The SMILES string of the molecule is CC(C)(F)[C@@H]1CCCN1. The van der Waals surface area contributed by atoms with Gasteiger partial charge < -0.3 is 5.32 Å². The summed E-state index contributed by atoms with van der Waals surface area (Å²) in [6.07, 6.45) is 2.11. The Morgan fingerprint density at radius 1 is 1.56 bits per heavy atom. The van der Waals surface area contributed by atoms with E-state index in [1.165, 1.54) is 0 Å². The second-order valence-corrected chi connectivity index (χ2v) is 3.21. The maximum atomic E-state index is 13.0. The smallest absolute Gasteiger partial charge is 0.120 e. The largest absolute Gasteiger partial charge is 0.311 e. The van der Waals surface area contributed by atoms with Crippen LogP contribution >= 0.6 is 0 Å². The molecule has 1 aliphatic heterocycles. The fraction of sp³-hybridized carbons (Fsp3) is 1.00. The van der Waals surface area contributed by atoms with Crippen molar-refractivity contribution in [3.63, 3.8) is 0 Å². The lowest BCUT2D eigenvalue weighted by atomic mass is 10.00. The Labute approximate surface area is 55.6 Å². The van der Waals surface area contributed by atoms with Gasteiger partial charge in [-0.1, -0.05) is 0 Å². The predicted octanol–water partition coefficient (Wildman–Crippen LogP) is 1.49. The van der Waals surface area contributed by atoms with Crippen molar-refractivity contribution in [2.45, 2.75) is 38.4 Å². The van der Waals surface area contributed by atoms with Gasteiger partial charge in [0.2, 0.25) is 0 Å². The lowest BCUT2D eigenvalue weighted by Crippen LogP contribution is -2.39. The molecule has 1 fully saturated rings. The molecule has 2 heteroatoms. The minimum absolute atomic E-state index is 0.0949. The zero-order valence-corrected chi connectivity index (χ0v) is 6.08. The van der Waals surface area contributed by atoms with Gasteiger partial charge in [-0.05, 0) is 33.2 Å². The lowest BCUT2D eigenvalue weighted by Gasteiger charge is -2.22. The molecule has 0 aliphatic carbocycles. The highest BCUT2D eigenvalue weighted by Crippen LogP contribution is 2.21. The normalized spacial score (nSPS) is 29.0. The van der Waals surface area contributed by atoms with E-state index in [-0.39, 0.29) is 6.04 Å². The molecule has 0 aromatic heterocycles. The first-order valence-corrected chi connectivity index (χ1v) is 3.53.